The van der Waals surface area contributed by atoms with Crippen molar-refractivity contribution in [1.82, 2.24) is 4.90 Å². The Morgan fingerprint density at radius 1 is 1.43 bits per heavy atom. The second-order valence-electron chi connectivity index (χ2n) is 6.08. The zero-order valence-corrected chi connectivity index (χ0v) is 13.6. The summed E-state index contributed by atoms with van der Waals surface area (Å²) >= 11 is 6.06. The highest BCUT2D eigenvalue weighted by Crippen LogP contribution is 2.26. The molecule has 114 valence electrons. The van der Waals surface area contributed by atoms with Crippen LogP contribution in [-0.4, -0.2) is 24.8 Å². The van der Waals surface area contributed by atoms with Crippen molar-refractivity contribution in [1.29, 1.82) is 0 Å². The molecule has 2 nitrogen and oxygen atoms in total. The van der Waals surface area contributed by atoms with Crippen molar-refractivity contribution in [3.05, 3.63) is 46.5 Å². The molecule has 0 bridgehead atoms. The minimum atomic E-state index is 0.209. The summed E-state index contributed by atoms with van der Waals surface area (Å²) < 4.78 is 0. The van der Waals surface area contributed by atoms with Gasteiger partial charge in [0.05, 0.1) is 0 Å². The molecule has 1 aromatic rings. The van der Waals surface area contributed by atoms with Crippen molar-refractivity contribution < 1.29 is 4.79 Å². The molecule has 0 saturated heterocycles. The number of benzene rings is 1. The van der Waals surface area contributed by atoms with Gasteiger partial charge in [0.15, 0.2) is 0 Å². The van der Waals surface area contributed by atoms with Crippen molar-refractivity contribution in [3.8, 4) is 0 Å². The summed E-state index contributed by atoms with van der Waals surface area (Å²) in [6.45, 7) is 3.95. The zero-order chi connectivity index (χ0) is 15.2. The fourth-order valence-electron chi connectivity index (χ4n) is 2.96. The average Bonchev–Trinajstić information content (AvgIpc) is 2.49. The van der Waals surface area contributed by atoms with Crippen LogP contribution >= 0.6 is 11.6 Å². The van der Waals surface area contributed by atoms with Gasteiger partial charge in [0.25, 0.3) is 0 Å². The van der Waals surface area contributed by atoms with E-state index >= 15 is 0 Å². The number of aldehydes is 1. The maximum atomic E-state index is 11.1. The van der Waals surface area contributed by atoms with E-state index in [1.165, 1.54) is 5.56 Å². The first-order valence-electron chi connectivity index (χ1n) is 7.65. The van der Waals surface area contributed by atoms with Crippen LogP contribution in [0.25, 0.3) is 0 Å². The Kier molecular flexibility index (Phi) is 6.01. The summed E-state index contributed by atoms with van der Waals surface area (Å²) in [4.78, 5) is 13.4. The van der Waals surface area contributed by atoms with Crippen LogP contribution in [0.15, 0.2) is 30.4 Å². The van der Waals surface area contributed by atoms with Gasteiger partial charge in [-0.05, 0) is 62.9 Å². The molecule has 0 amide bonds. The van der Waals surface area contributed by atoms with Crippen LogP contribution in [0.1, 0.15) is 30.4 Å². The van der Waals surface area contributed by atoms with Gasteiger partial charge in [-0.1, -0.05) is 35.9 Å². The van der Waals surface area contributed by atoms with Gasteiger partial charge in [0.2, 0.25) is 0 Å². The quantitative estimate of drug-likeness (QED) is 0.578. The van der Waals surface area contributed by atoms with Crippen molar-refractivity contribution in [2.24, 2.45) is 11.8 Å². The molecule has 2 rings (SSSR count). The predicted octanol–water partition coefficient (Wildman–Crippen LogP) is 4.25. The third-order valence-corrected chi connectivity index (χ3v) is 4.72. The summed E-state index contributed by atoms with van der Waals surface area (Å²) in [5, 5.41) is 0.822. The van der Waals surface area contributed by atoms with Crippen molar-refractivity contribution in [2.45, 2.75) is 32.7 Å². The Hall–Kier alpha value is -1.12. The normalized spacial score (nSPS) is 21.7. The fraction of sp³-hybridized carbons (Fsp3) is 0.500. The van der Waals surface area contributed by atoms with Gasteiger partial charge in [0, 0.05) is 17.5 Å². The van der Waals surface area contributed by atoms with Crippen LogP contribution in [0.2, 0.25) is 5.02 Å². The maximum Gasteiger partial charge on any atom is 0.123 e. The van der Waals surface area contributed by atoms with Crippen LogP contribution in [-0.2, 0) is 11.3 Å². The Bertz CT molecular complexity index is 512. The lowest BCUT2D eigenvalue weighted by Crippen LogP contribution is -2.25. The van der Waals surface area contributed by atoms with Gasteiger partial charge in [-0.25, -0.2) is 0 Å². The topological polar surface area (TPSA) is 20.3 Å². The maximum absolute atomic E-state index is 11.1. The standard InChI is InChI=1S/C18H24ClNO/c1-14-11-15(7-8-18(14)19)12-20(2)10-9-16-5-3-4-6-17(16)13-21/h3,5,7-8,11,13,16-17H,4,6,9-10,12H2,1-2H3/t16-,17+/m1/s1. The summed E-state index contributed by atoms with van der Waals surface area (Å²) in [7, 11) is 2.13. The van der Waals surface area contributed by atoms with E-state index in [0.717, 1.165) is 49.2 Å². The average molecular weight is 306 g/mol. The largest absolute Gasteiger partial charge is 0.303 e. The van der Waals surface area contributed by atoms with E-state index in [2.05, 4.69) is 36.2 Å². The molecular formula is C18H24ClNO. The first-order valence-corrected chi connectivity index (χ1v) is 8.03. The minimum absolute atomic E-state index is 0.209. The van der Waals surface area contributed by atoms with Crippen LogP contribution in [0.5, 0.6) is 0 Å². The van der Waals surface area contributed by atoms with Crippen LogP contribution in [0, 0.1) is 18.8 Å². The fourth-order valence-corrected chi connectivity index (χ4v) is 3.08. The number of aryl methyl sites for hydroxylation is 1. The molecule has 2 atom stereocenters. The lowest BCUT2D eigenvalue weighted by atomic mass is 9.83. The summed E-state index contributed by atoms with van der Waals surface area (Å²) in [5.41, 5.74) is 2.41. The Morgan fingerprint density at radius 2 is 2.24 bits per heavy atom. The van der Waals surface area contributed by atoms with Crippen LogP contribution in [0.3, 0.4) is 0 Å². The molecule has 0 heterocycles. The molecule has 0 radical (unpaired) electrons. The smallest absolute Gasteiger partial charge is 0.123 e. The Balaban J connectivity index is 1.85. The van der Waals surface area contributed by atoms with Crippen molar-refractivity contribution in [2.75, 3.05) is 13.6 Å². The number of allylic oxidation sites excluding steroid dienone is 2. The number of carbonyl (C=O) groups is 1. The predicted molar refractivity (Wildman–Crippen MR) is 88.6 cm³/mol. The van der Waals surface area contributed by atoms with E-state index < -0.39 is 0 Å². The van der Waals surface area contributed by atoms with Gasteiger partial charge in [0.1, 0.15) is 6.29 Å². The Labute approximate surface area is 132 Å². The zero-order valence-electron chi connectivity index (χ0n) is 12.9. The van der Waals surface area contributed by atoms with Gasteiger partial charge < -0.3 is 9.69 Å². The Morgan fingerprint density at radius 3 is 2.95 bits per heavy atom. The van der Waals surface area contributed by atoms with Gasteiger partial charge in [-0.2, -0.15) is 0 Å². The third-order valence-electron chi connectivity index (χ3n) is 4.29. The van der Waals surface area contributed by atoms with Crippen molar-refractivity contribution in [3.63, 3.8) is 0 Å². The van der Waals surface area contributed by atoms with Gasteiger partial charge >= 0.3 is 0 Å². The molecule has 0 unspecified atom stereocenters. The van der Waals surface area contributed by atoms with E-state index in [-0.39, 0.29) is 5.92 Å². The number of hydrogen-bond donors (Lipinski definition) is 0. The summed E-state index contributed by atoms with van der Waals surface area (Å²) in [5.74, 6) is 0.617. The number of hydrogen-bond acceptors (Lipinski definition) is 2. The third kappa shape index (κ3) is 4.69. The number of rotatable bonds is 6. The van der Waals surface area contributed by atoms with E-state index in [0.29, 0.717) is 5.92 Å². The monoisotopic (exact) mass is 305 g/mol. The van der Waals surface area contributed by atoms with E-state index in [1.54, 1.807) is 0 Å². The molecule has 0 aromatic heterocycles. The molecule has 21 heavy (non-hydrogen) atoms. The highest BCUT2D eigenvalue weighted by Gasteiger charge is 2.21. The lowest BCUT2D eigenvalue weighted by molar-refractivity contribution is -0.112. The molecule has 1 aromatic carbocycles. The number of carbonyl (C=O) groups excluding carboxylic acids is 1. The number of nitrogens with zero attached hydrogens (tertiary/aromatic N) is 1. The van der Waals surface area contributed by atoms with Crippen LogP contribution < -0.4 is 0 Å². The molecule has 0 aliphatic heterocycles. The molecule has 1 aliphatic rings. The highest BCUT2D eigenvalue weighted by molar-refractivity contribution is 6.31. The van der Waals surface area contributed by atoms with E-state index in [1.807, 2.05) is 13.0 Å². The number of halogens is 1. The summed E-state index contributed by atoms with van der Waals surface area (Å²) in [6.07, 6.45) is 8.67. The molecule has 3 heteroatoms. The van der Waals surface area contributed by atoms with E-state index in [4.69, 9.17) is 11.6 Å². The first kappa shape index (κ1) is 16.3. The van der Waals surface area contributed by atoms with Gasteiger partial charge in [-0.3, -0.25) is 0 Å². The lowest BCUT2D eigenvalue weighted by Gasteiger charge is -2.25. The van der Waals surface area contributed by atoms with Gasteiger partial charge in [-0.15, -0.1) is 0 Å². The minimum Gasteiger partial charge on any atom is -0.303 e. The SMILES string of the molecule is Cc1cc(CN(C)CC[C@H]2C=CCC[C@H]2C=O)ccc1Cl. The second kappa shape index (κ2) is 7.77. The van der Waals surface area contributed by atoms with Crippen LogP contribution in [0.4, 0.5) is 0 Å². The molecular weight excluding hydrogens is 282 g/mol. The van der Waals surface area contributed by atoms with Crippen molar-refractivity contribution >= 4 is 17.9 Å². The molecule has 1 aliphatic carbocycles. The second-order valence-corrected chi connectivity index (χ2v) is 6.49. The van der Waals surface area contributed by atoms with E-state index in [9.17, 15) is 4.79 Å². The molecule has 0 N–H and O–H groups in total. The highest BCUT2D eigenvalue weighted by atomic mass is 35.5. The summed E-state index contributed by atoms with van der Waals surface area (Å²) in [6, 6.07) is 6.19. The molecule has 0 spiro atoms. The molecule has 0 saturated carbocycles. The first-order chi connectivity index (χ1) is 10.1. The molecule has 0 fully saturated rings.